The Morgan fingerprint density at radius 2 is 1.88 bits per heavy atom. The number of carbonyl (C=O) groups is 1. The first kappa shape index (κ1) is 16.7. The summed E-state index contributed by atoms with van der Waals surface area (Å²) in [6, 6.07) is 7.13. The van der Waals surface area contributed by atoms with Crippen LogP contribution in [0.5, 0.6) is 0 Å². The molecule has 0 amide bonds. The van der Waals surface area contributed by atoms with E-state index in [9.17, 15) is 9.59 Å². The lowest BCUT2D eigenvalue weighted by Gasteiger charge is -2.22. The Bertz CT molecular complexity index is 789. The summed E-state index contributed by atoms with van der Waals surface area (Å²) in [6.07, 6.45) is 5.19. The molecule has 0 radical (unpaired) electrons. The molecule has 128 valence electrons. The number of hydrogen-bond acceptors (Lipinski definition) is 4. The summed E-state index contributed by atoms with van der Waals surface area (Å²) in [6.45, 7) is 4.51. The van der Waals surface area contributed by atoms with Crippen LogP contribution in [0.3, 0.4) is 0 Å². The molecule has 5 heteroatoms. The topological polar surface area (TPSA) is 61.2 Å². The van der Waals surface area contributed by atoms with Gasteiger partial charge in [-0.15, -0.1) is 0 Å². The Morgan fingerprint density at radius 3 is 2.54 bits per heavy atom. The average Bonchev–Trinajstić information content (AvgIpc) is 2.58. The molecular weight excluding hydrogens is 304 g/mol. The summed E-state index contributed by atoms with van der Waals surface area (Å²) in [5.74, 6) is -0.158. The molecule has 1 aliphatic carbocycles. The molecule has 0 atom stereocenters. The van der Waals surface area contributed by atoms with Crippen molar-refractivity contribution in [1.82, 2.24) is 9.78 Å². The van der Waals surface area contributed by atoms with Crippen LogP contribution in [0.1, 0.15) is 56.4 Å². The van der Waals surface area contributed by atoms with Gasteiger partial charge in [0.05, 0.1) is 5.39 Å². The molecule has 24 heavy (non-hydrogen) atoms. The van der Waals surface area contributed by atoms with Crippen molar-refractivity contribution < 1.29 is 9.53 Å². The first-order valence-electron chi connectivity index (χ1n) is 8.77. The molecule has 1 saturated carbocycles. The van der Waals surface area contributed by atoms with Gasteiger partial charge in [-0.05, 0) is 37.7 Å². The largest absolute Gasteiger partial charge is 0.458 e. The zero-order chi connectivity index (χ0) is 17.1. The van der Waals surface area contributed by atoms with Gasteiger partial charge < -0.3 is 4.74 Å². The number of ether oxygens (including phenoxy) is 1. The van der Waals surface area contributed by atoms with Crippen molar-refractivity contribution in [1.29, 1.82) is 0 Å². The summed E-state index contributed by atoms with van der Waals surface area (Å²) in [5, 5.41) is 5.43. The van der Waals surface area contributed by atoms with E-state index in [-0.39, 0.29) is 23.3 Å². The van der Waals surface area contributed by atoms with Crippen LogP contribution in [0, 0.1) is 5.92 Å². The molecule has 0 spiro atoms. The van der Waals surface area contributed by atoms with Gasteiger partial charge in [-0.2, -0.15) is 5.10 Å². The molecule has 1 fully saturated rings. The van der Waals surface area contributed by atoms with Crippen LogP contribution < -0.4 is 5.56 Å². The van der Waals surface area contributed by atoms with Gasteiger partial charge in [0.2, 0.25) is 0 Å². The van der Waals surface area contributed by atoms with Gasteiger partial charge in [0.25, 0.3) is 5.56 Å². The zero-order valence-corrected chi connectivity index (χ0v) is 14.3. The van der Waals surface area contributed by atoms with E-state index in [0.717, 1.165) is 25.7 Å². The number of carbonyl (C=O) groups excluding carboxylic acids is 1. The van der Waals surface area contributed by atoms with Crippen molar-refractivity contribution in [2.45, 2.75) is 58.6 Å². The fraction of sp³-hybridized carbons (Fsp3) is 0.526. The van der Waals surface area contributed by atoms with Crippen LogP contribution in [0.25, 0.3) is 10.8 Å². The smallest absolute Gasteiger partial charge is 0.359 e. The van der Waals surface area contributed by atoms with Crippen LogP contribution in [0.15, 0.2) is 29.1 Å². The van der Waals surface area contributed by atoms with Crippen molar-refractivity contribution in [2.24, 2.45) is 5.92 Å². The van der Waals surface area contributed by atoms with E-state index < -0.39 is 5.97 Å². The highest BCUT2D eigenvalue weighted by Gasteiger charge is 2.23. The third-order valence-corrected chi connectivity index (χ3v) is 4.43. The van der Waals surface area contributed by atoms with Gasteiger partial charge in [0.15, 0.2) is 5.69 Å². The molecule has 0 saturated heterocycles. The van der Waals surface area contributed by atoms with E-state index in [0.29, 0.717) is 17.3 Å². The standard InChI is InChI=1S/C19H24N2O3/c1-13(2)12-21-18(22)16-11-7-6-10-15(16)17(20-21)19(23)24-14-8-4-3-5-9-14/h6-7,10-11,13-14H,3-5,8-9,12H2,1-2H3. The lowest BCUT2D eigenvalue weighted by molar-refractivity contribution is 0.0204. The van der Waals surface area contributed by atoms with Crippen LogP contribution in [-0.4, -0.2) is 21.9 Å². The molecule has 0 unspecified atom stereocenters. The second-order valence-electron chi connectivity index (χ2n) is 6.94. The van der Waals surface area contributed by atoms with Crippen LogP contribution >= 0.6 is 0 Å². The van der Waals surface area contributed by atoms with Gasteiger partial charge in [0, 0.05) is 11.9 Å². The molecule has 0 bridgehead atoms. The van der Waals surface area contributed by atoms with Crippen LogP contribution in [0.4, 0.5) is 0 Å². The number of benzene rings is 1. The summed E-state index contributed by atoms with van der Waals surface area (Å²) in [4.78, 5) is 25.3. The maximum absolute atomic E-state index is 12.7. The number of hydrogen-bond donors (Lipinski definition) is 0. The molecule has 1 aromatic carbocycles. The zero-order valence-electron chi connectivity index (χ0n) is 14.3. The van der Waals surface area contributed by atoms with Gasteiger partial charge in [-0.25, -0.2) is 9.48 Å². The quantitative estimate of drug-likeness (QED) is 0.805. The molecule has 1 heterocycles. The van der Waals surface area contributed by atoms with Crippen LogP contribution in [-0.2, 0) is 11.3 Å². The minimum absolute atomic E-state index is 0.0303. The van der Waals surface area contributed by atoms with Gasteiger partial charge >= 0.3 is 5.97 Å². The van der Waals surface area contributed by atoms with Gasteiger partial charge in [-0.1, -0.05) is 38.5 Å². The second-order valence-corrected chi connectivity index (χ2v) is 6.94. The van der Waals surface area contributed by atoms with Crippen LogP contribution in [0.2, 0.25) is 0 Å². The predicted molar refractivity (Wildman–Crippen MR) is 93.1 cm³/mol. The minimum Gasteiger partial charge on any atom is -0.458 e. The Balaban J connectivity index is 2.00. The highest BCUT2D eigenvalue weighted by molar-refractivity contribution is 6.02. The molecule has 2 aromatic rings. The fourth-order valence-electron chi connectivity index (χ4n) is 3.25. The molecule has 0 N–H and O–H groups in total. The number of nitrogens with zero attached hydrogens (tertiary/aromatic N) is 2. The van der Waals surface area contributed by atoms with E-state index in [1.54, 1.807) is 18.2 Å². The first-order valence-corrected chi connectivity index (χ1v) is 8.77. The Kier molecular flexibility index (Phi) is 4.97. The SMILES string of the molecule is CC(C)Cn1nc(C(=O)OC2CCCCC2)c2ccccc2c1=O. The molecule has 1 aromatic heterocycles. The summed E-state index contributed by atoms with van der Waals surface area (Å²) in [5.41, 5.74) is 0.0879. The third kappa shape index (κ3) is 3.50. The van der Waals surface area contributed by atoms with E-state index in [2.05, 4.69) is 5.10 Å². The first-order chi connectivity index (χ1) is 11.6. The number of esters is 1. The normalized spacial score (nSPS) is 15.8. The monoisotopic (exact) mass is 328 g/mol. The Labute approximate surface area is 141 Å². The maximum Gasteiger partial charge on any atom is 0.359 e. The van der Waals surface area contributed by atoms with Crippen molar-refractivity contribution in [3.8, 4) is 0 Å². The second kappa shape index (κ2) is 7.16. The lowest BCUT2D eigenvalue weighted by atomic mass is 9.98. The number of aromatic nitrogens is 2. The minimum atomic E-state index is -0.421. The molecular formula is C19H24N2O3. The van der Waals surface area contributed by atoms with Crippen molar-refractivity contribution in [3.63, 3.8) is 0 Å². The summed E-state index contributed by atoms with van der Waals surface area (Å²) < 4.78 is 7.06. The van der Waals surface area contributed by atoms with E-state index >= 15 is 0 Å². The number of rotatable bonds is 4. The lowest BCUT2D eigenvalue weighted by Crippen LogP contribution is -2.29. The molecule has 3 rings (SSSR count). The molecule has 0 aliphatic heterocycles. The van der Waals surface area contributed by atoms with Crippen molar-refractivity contribution >= 4 is 16.7 Å². The third-order valence-electron chi connectivity index (χ3n) is 4.43. The van der Waals surface area contributed by atoms with Crippen molar-refractivity contribution in [3.05, 3.63) is 40.3 Å². The van der Waals surface area contributed by atoms with Gasteiger partial charge in [-0.3, -0.25) is 4.79 Å². The highest BCUT2D eigenvalue weighted by Crippen LogP contribution is 2.22. The van der Waals surface area contributed by atoms with Crippen molar-refractivity contribution in [2.75, 3.05) is 0 Å². The molecule has 1 aliphatic rings. The Hall–Kier alpha value is -2.17. The fourth-order valence-corrected chi connectivity index (χ4v) is 3.25. The summed E-state index contributed by atoms with van der Waals surface area (Å²) in [7, 11) is 0. The maximum atomic E-state index is 12.7. The predicted octanol–water partition coefficient (Wildman–Crippen LogP) is 3.54. The number of fused-ring (bicyclic) bond motifs is 1. The Morgan fingerprint density at radius 1 is 1.21 bits per heavy atom. The molecule has 5 nitrogen and oxygen atoms in total. The van der Waals surface area contributed by atoms with E-state index in [1.165, 1.54) is 11.1 Å². The van der Waals surface area contributed by atoms with E-state index in [4.69, 9.17) is 4.74 Å². The van der Waals surface area contributed by atoms with Gasteiger partial charge in [0.1, 0.15) is 6.10 Å². The highest BCUT2D eigenvalue weighted by atomic mass is 16.5. The van der Waals surface area contributed by atoms with E-state index in [1.807, 2.05) is 19.9 Å². The summed E-state index contributed by atoms with van der Waals surface area (Å²) >= 11 is 0. The average molecular weight is 328 g/mol.